The summed E-state index contributed by atoms with van der Waals surface area (Å²) < 4.78 is 27.7. The van der Waals surface area contributed by atoms with Crippen LogP contribution in [0.4, 0.5) is 8.78 Å². The number of rotatable bonds is 3. The van der Waals surface area contributed by atoms with Crippen molar-refractivity contribution in [1.29, 1.82) is 5.26 Å². The minimum atomic E-state index is -2.95. The highest BCUT2D eigenvalue weighted by Gasteiger charge is 2.08. The second kappa shape index (κ2) is 4.91. The number of benzene rings is 1. The molecule has 0 aromatic heterocycles. The Morgan fingerprint density at radius 3 is 2.87 bits per heavy atom. The Morgan fingerprint density at radius 2 is 2.27 bits per heavy atom. The van der Waals surface area contributed by atoms with Gasteiger partial charge in [-0.1, -0.05) is 6.07 Å². The van der Waals surface area contributed by atoms with Crippen LogP contribution in [0, 0.1) is 11.5 Å². The number of nitrogens with one attached hydrogen (secondary N) is 1. The predicted molar refractivity (Wildman–Crippen MR) is 46.2 cm³/mol. The van der Waals surface area contributed by atoms with E-state index in [0.717, 1.165) is 6.07 Å². The molecule has 0 unspecified atom stereocenters. The Balaban J connectivity index is 2.83. The highest BCUT2D eigenvalue weighted by Crippen LogP contribution is 2.15. The van der Waals surface area contributed by atoms with Crippen LogP contribution in [0.15, 0.2) is 24.3 Å². The number of nitriles is 1. The maximum absolute atomic E-state index is 11.8. The van der Waals surface area contributed by atoms with E-state index in [9.17, 15) is 13.6 Å². The lowest BCUT2D eigenvalue weighted by Crippen LogP contribution is -2.17. The Hall–Kier alpha value is -2.16. The second-order valence-corrected chi connectivity index (χ2v) is 2.47. The molecule has 0 radical (unpaired) electrons. The minimum absolute atomic E-state index is 0.0784. The lowest BCUT2D eigenvalue weighted by molar-refractivity contribution is -0.0498. The minimum Gasteiger partial charge on any atom is -0.435 e. The van der Waals surface area contributed by atoms with Crippen molar-refractivity contribution >= 4 is 5.91 Å². The normalized spacial score (nSPS) is 9.47. The fourth-order valence-electron chi connectivity index (χ4n) is 0.936. The fraction of sp³-hybridized carbons (Fsp3) is 0.111. The van der Waals surface area contributed by atoms with E-state index in [0.29, 0.717) is 0 Å². The van der Waals surface area contributed by atoms with Crippen molar-refractivity contribution in [3.8, 4) is 11.9 Å². The van der Waals surface area contributed by atoms with E-state index in [4.69, 9.17) is 5.26 Å². The number of alkyl halides is 2. The van der Waals surface area contributed by atoms with Crippen LogP contribution in [-0.2, 0) is 0 Å². The van der Waals surface area contributed by atoms with Crippen LogP contribution < -0.4 is 10.1 Å². The number of halogens is 2. The van der Waals surface area contributed by atoms with Gasteiger partial charge < -0.3 is 4.74 Å². The summed E-state index contributed by atoms with van der Waals surface area (Å²) in [7, 11) is 0. The average Bonchev–Trinajstić information content (AvgIpc) is 2.17. The van der Waals surface area contributed by atoms with E-state index in [2.05, 4.69) is 4.74 Å². The third-order valence-electron chi connectivity index (χ3n) is 1.49. The van der Waals surface area contributed by atoms with E-state index < -0.39 is 12.5 Å². The summed E-state index contributed by atoms with van der Waals surface area (Å²) in [5.41, 5.74) is 0.0784. The molecule has 6 heteroatoms. The first-order chi connectivity index (χ1) is 7.13. The summed E-state index contributed by atoms with van der Waals surface area (Å²) in [5.74, 6) is -0.798. The summed E-state index contributed by atoms with van der Waals surface area (Å²) in [6.45, 7) is -2.95. The first-order valence-corrected chi connectivity index (χ1v) is 3.88. The van der Waals surface area contributed by atoms with Crippen molar-refractivity contribution in [1.82, 2.24) is 5.32 Å². The molecule has 78 valence electrons. The van der Waals surface area contributed by atoms with Crippen LogP contribution in [0.3, 0.4) is 0 Å². The SMILES string of the molecule is N#CNC(=O)c1cccc(OC(F)F)c1. The van der Waals surface area contributed by atoms with Crippen molar-refractivity contribution in [2.75, 3.05) is 0 Å². The van der Waals surface area contributed by atoms with Crippen molar-refractivity contribution < 1.29 is 18.3 Å². The van der Waals surface area contributed by atoms with Crippen LogP contribution in [0.2, 0.25) is 0 Å². The monoisotopic (exact) mass is 212 g/mol. The standard InChI is InChI=1S/C9H6F2N2O2/c10-9(11)15-7-3-1-2-6(4-7)8(14)13-5-12/h1-4,9H,(H,13,14). The number of ether oxygens (including phenoxy) is 1. The molecule has 1 aromatic rings. The molecular formula is C9H6F2N2O2. The molecule has 0 heterocycles. The van der Waals surface area contributed by atoms with E-state index in [-0.39, 0.29) is 11.3 Å². The number of amides is 1. The molecule has 15 heavy (non-hydrogen) atoms. The first-order valence-electron chi connectivity index (χ1n) is 3.88. The molecule has 0 atom stereocenters. The van der Waals surface area contributed by atoms with Gasteiger partial charge in [0.2, 0.25) is 0 Å². The van der Waals surface area contributed by atoms with Crippen molar-refractivity contribution in [3.05, 3.63) is 29.8 Å². The van der Waals surface area contributed by atoms with Crippen molar-refractivity contribution in [2.24, 2.45) is 0 Å². The van der Waals surface area contributed by atoms with Gasteiger partial charge in [-0.25, -0.2) is 0 Å². The van der Waals surface area contributed by atoms with Crippen molar-refractivity contribution in [3.63, 3.8) is 0 Å². The molecule has 0 saturated carbocycles. The molecule has 1 rings (SSSR count). The predicted octanol–water partition coefficient (Wildman–Crippen LogP) is 1.50. The van der Waals surface area contributed by atoms with Crippen LogP contribution in [0.5, 0.6) is 5.75 Å². The second-order valence-electron chi connectivity index (χ2n) is 2.47. The largest absolute Gasteiger partial charge is 0.435 e. The molecule has 0 aliphatic heterocycles. The van der Waals surface area contributed by atoms with Gasteiger partial charge in [0.05, 0.1) is 0 Å². The summed E-state index contributed by atoms with van der Waals surface area (Å²) in [6, 6.07) is 5.17. The maximum Gasteiger partial charge on any atom is 0.387 e. The molecule has 0 saturated heterocycles. The first kappa shape index (κ1) is 10.9. The van der Waals surface area contributed by atoms with E-state index in [1.54, 1.807) is 0 Å². The number of nitrogens with zero attached hydrogens (tertiary/aromatic N) is 1. The van der Waals surface area contributed by atoms with Crippen LogP contribution in [0.1, 0.15) is 10.4 Å². The molecule has 0 aliphatic rings. The molecule has 0 spiro atoms. The van der Waals surface area contributed by atoms with Gasteiger partial charge in [-0.2, -0.15) is 14.0 Å². The van der Waals surface area contributed by atoms with Crippen LogP contribution in [0.25, 0.3) is 0 Å². The number of carbonyl (C=O) groups excluding carboxylic acids is 1. The summed E-state index contributed by atoms with van der Waals surface area (Å²) >= 11 is 0. The number of hydrogen-bond acceptors (Lipinski definition) is 3. The van der Waals surface area contributed by atoms with Gasteiger partial charge >= 0.3 is 6.61 Å². The Morgan fingerprint density at radius 1 is 1.53 bits per heavy atom. The zero-order chi connectivity index (χ0) is 11.3. The Kier molecular flexibility index (Phi) is 3.57. The maximum atomic E-state index is 11.8. The van der Waals surface area contributed by atoms with Gasteiger partial charge in [-0.05, 0) is 18.2 Å². The summed E-state index contributed by atoms with van der Waals surface area (Å²) in [6.07, 6.45) is 1.44. The van der Waals surface area contributed by atoms with Gasteiger partial charge in [0, 0.05) is 5.56 Å². The third kappa shape index (κ3) is 3.23. The zero-order valence-corrected chi connectivity index (χ0v) is 7.41. The third-order valence-corrected chi connectivity index (χ3v) is 1.49. The molecule has 4 nitrogen and oxygen atoms in total. The lowest BCUT2D eigenvalue weighted by atomic mass is 10.2. The molecule has 1 N–H and O–H groups in total. The highest BCUT2D eigenvalue weighted by molar-refractivity contribution is 5.95. The molecule has 0 aliphatic carbocycles. The summed E-state index contributed by atoms with van der Waals surface area (Å²) in [5, 5.41) is 10.0. The molecular weight excluding hydrogens is 206 g/mol. The van der Waals surface area contributed by atoms with Gasteiger partial charge in [0.1, 0.15) is 5.75 Å². The van der Waals surface area contributed by atoms with E-state index in [1.165, 1.54) is 24.4 Å². The number of hydrogen-bond donors (Lipinski definition) is 1. The van der Waals surface area contributed by atoms with Crippen LogP contribution in [-0.4, -0.2) is 12.5 Å². The summed E-state index contributed by atoms with van der Waals surface area (Å²) in [4.78, 5) is 11.1. The van der Waals surface area contributed by atoms with Gasteiger partial charge in [0.15, 0.2) is 6.19 Å². The highest BCUT2D eigenvalue weighted by atomic mass is 19.3. The van der Waals surface area contributed by atoms with Gasteiger partial charge in [0.25, 0.3) is 5.91 Å². The van der Waals surface area contributed by atoms with Crippen LogP contribution >= 0.6 is 0 Å². The molecule has 1 aromatic carbocycles. The zero-order valence-electron chi connectivity index (χ0n) is 7.41. The topological polar surface area (TPSA) is 62.1 Å². The van der Waals surface area contributed by atoms with E-state index >= 15 is 0 Å². The van der Waals surface area contributed by atoms with E-state index in [1.807, 2.05) is 5.32 Å². The van der Waals surface area contributed by atoms with Crippen molar-refractivity contribution in [2.45, 2.75) is 6.61 Å². The lowest BCUT2D eigenvalue weighted by Gasteiger charge is -2.05. The fourth-order valence-corrected chi connectivity index (χ4v) is 0.936. The average molecular weight is 212 g/mol. The van der Waals surface area contributed by atoms with Gasteiger partial charge in [-0.3, -0.25) is 10.1 Å². The Labute approximate surface area is 84.1 Å². The quantitative estimate of drug-likeness (QED) is 0.610. The Bertz CT molecular complexity index is 401. The van der Waals surface area contributed by atoms with Gasteiger partial charge in [-0.15, -0.1) is 0 Å². The smallest absolute Gasteiger partial charge is 0.387 e. The molecule has 1 amide bonds. The molecule has 0 bridgehead atoms. The molecule has 0 fully saturated rings. The number of carbonyl (C=O) groups is 1.